The third kappa shape index (κ3) is 5.44. The summed E-state index contributed by atoms with van der Waals surface area (Å²) >= 11 is -0.771. The van der Waals surface area contributed by atoms with Gasteiger partial charge in [0.25, 0.3) is 0 Å². The quantitative estimate of drug-likeness (QED) is 0.507. The maximum absolute atomic E-state index is 2.56. The van der Waals surface area contributed by atoms with E-state index in [1.165, 1.54) is 33.4 Å². The molecule has 0 bridgehead atoms. The second-order valence-corrected chi connectivity index (χ2v) is 17.1. The normalized spacial score (nSPS) is 16.9. The van der Waals surface area contributed by atoms with E-state index in [0.29, 0.717) is 3.63 Å². The molecule has 0 aliphatic heterocycles. The molecule has 2 aromatic rings. The van der Waals surface area contributed by atoms with Crippen LogP contribution in [-0.4, -0.2) is 3.21 Å². The van der Waals surface area contributed by atoms with Crippen LogP contribution in [0.15, 0.2) is 47.1 Å². The van der Waals surface area contributed by atoms with Crippen molar-refractivity contribution in [1.29, 1.82) is 0 Å². The molecule has 0 nitrogen and oxygen atoms in total. The first-order valence-electron chi connectivity index (χ1n) is 12.5. The van der Waals surface area contributed by atoms with Crippen molar-refractivity contribution in [3.63, 3.8) is 0 Å². The van der Waals surface area contributed by atoms with Crippen molar-refractivity contribution in [2.24, 2.45) is 0 Å². The van der Waals surface area contributed by atoms with Crippen LogP contribution in [0.4, 0.5) is 0 Å². The molecule has 4 rings (SSSR count). The van der Waals surface area contributed by atoms with E-state index in [0.717, 1.165) is 6.42 Å². The van der Waals surface area contributed by atoms with Gasteiger partial charge in [0.1, 0.15) is 0 Å². The van der Waals surface area contributed by atoms with Crippen molar-refractivity contribution in [2.45, 2.75) is 97.0 Å². The molecule has 0 saturated carbocycles. The maximum Gasteiger partial charge on any atom is -1.00 e. The Morgan fingerprint density at radius 2 is 1.40 bits per heavy atom. The molecule has 0 saturated heterocycles. The SMILES string of the molecule is C[C](C)=[Zr+2][CH]1c2cc(C(C)(C)C)ccc2-c2ccc(C(C)(C)C)c(C3=C(C)C(C)=C(C)C3)c21.[Cl-].[Cl-]. The molecule has 35 heavy (non-hydrogen) atoms. The Morgan fingerprint density at radius 3 is 1.89 bits per heavy atom. The number of hydrogen-bond acceptors (Lipinski definition) is 0. The van der Waals surface area contributed by atoms with E-state index in [2.05, 4.69) is 106 Å². The van der Waals surface area contributed by atoms with E-state index in [9.17, 15) is 0 Å². The monoisotopic (exact) mass is 585 g/mol. The van der Waals surface area contributed by atoms with Crippen LogP contribution in [0.3, 0.4) is 0 Å². The minimum Gasteiger partial charge on any atom is -1.00 e. The molecule has 2 aliphatic carbocycles. The Labute approximate surface area is 237 Å². The minimum atomic E-state index is -0.771. The molecule has 2 aliphatic rings. The number of fused-ring (bicyclic) bond motifs is 3. The number of halogens is 2. The van der Waals surface area contributed by atoms with Crippen LogP contribution >= 0.6 is 0 Å². The summed E-state index contributed by atoms with van der Waals surface area (Å²) in [5.74, 6) is 0. The number of allylic oxidation sites excluding steroid dienone is 4. The molecule has 2 aromatic carbocycles. The summed E-state index contributed by atoms with van der Waals surface area (Å²) in [6, 6.07) is 12.3. The fraction of sp³-hybridized carbons (Fsp3) is 0.469. The minimum absolute atomic E-state index is 0. The molecule has 0 radical (unpaired) electrons. The summed E-state index contributed by atoms with van der Waals surface area (Å²) < 4.78 is 2.28. The van der Waals surface area contributed by atoms with Crippen molar-refractivity contribution in [1.82, 2.24) is 0 Å². The summed E-state index contributed by atoms with van der Waals surface area (Å²) in [6.45, 7) is 26.0. The largest absolute Gasteiger partial charge is 1.00 e. The molecule has 1 atom stereocenters. The summed E-state index contributed by atoms with van der Waals surface area (Å²) in [4.78, 5) is 0. The Balaban J connectivity index is 0.00000216. The van der Waals surface area contributed by atoms with Gasteiger partial charge in [0, 0.05) is 0 Å². The van der Waals surface area contributed by atoms with Gasteiger partial charge >= 0.3 is 215 Å². The molecular weight excluding hydrogens is 546 g/mol. The van der Waals surface area contributed by atoms with Crippen LogP contribution < -0.4 is 24.8 Å². The Morgan fingerprint density at radius 1 is 0.800 bits per heavy atom. The van der Waals surface area contributed by atoms with Gasteiger partial charge in [-0.25, -0.2) is 0 Å². The second-order valence-electron chi connectivity index (χ2n) is 12.5. The molecule has 0 N–H and O–H groups in total. The van der Waals surface area contributed by atoms with Crippen molar-refractivity contribution in [2.75, 3.05) is 0 Å². The molecular formula is C32H41Cl2Zr. The predicted molar refractivity (Wildman–Crippen MR) is 143 cm³/mol. The first kappa shape index (κ1) is 30.5. The van der Waals surface area contributed by atoms with Crippen LogP contribution in [0.25, 0.3) is 16.7 Å². The van der Waals surface area contributed by atoms with Crippen molar-refractivity contribution >= 4 is 8.78 Å². The third-order valence-electron chi connectivity index (χ3n) is 7.69. The predicted octanol–water partition coefficient (Wildman–Crippen LogP) is 3.17. The van der Waals surface area contributed by atoms with E-state index in [1.54, 1.807) is 31.0 Å². The Hall–Kier alpha value is -0.747. The van der Waals surface area contributed by atoms with E-state index in [-0.39, 0.29) is 35.6 Å². The zero-order valence-electron chi connectivity index (χ0n) is 23.4. The number of benzene rings is 2. The van der Waals surface area contributed by atoms with Crippen molar-refractivity contribution in [3.8, 4) is 11.1 Å². The van der Waals surface area contributed by atoms with Gasteiger partial charge in [0.05, 0.1) is 0 Å². The third-order valence-corrected chi connectivity index (χ3v) is 11.3. The topological polar surface area (TPSA) is 0 Å². The van der Waals surface area contributed by atoms with Crippen LogP contribution in [0.2, 0.25) is 0 Å². The van der Waals surface area contributed by atoms with Gasteiger partial charge in [-0.1, -0.05) is 0 Å². The number of hydrogen-bond donors (Lipinski definition) is 0. The maximum atomic E-state index is 2.56. The second kappa shape index (κ2) is 10.6. The molecule has 1 unspecified atom stereocenters. The fourth-order valence-corrected chi connectivity index (χ4v) is 9.04. The van der Waals surface area contributed by atoms with E-state index >= 15 is 0 Å². The molecule has 3 heteroatoms. The first-order chi connectivity index (χ1) is 15.2. The van der Waals surface area contributed by atoms with Gasteiger partial charge in [-0.05, 0) is 0 Å². The molecule has 0 aromatic heterocycles. The van der Waals surface area contributed by atoms with Gasteiger partial charge in [-0.2, -0.15) is 0 Å². The zero-order chi connectivity index (χ0) is 24.5. The van der Waals surface area contributed by atoms with E-state index < -0.39 is 22.8 Å². The van der Waals surface area contributed by atoms with E-state index in [4.69, 9.17) is 0 Å². The molecule has 187 valence electrons. The van der Waals surface area contributed by atoms with Gasteiger partial charge in [0.2, 0.25) is 0 Å². The average Bonchev–Trinajstić information content (AvgIpc) is 3.14. The van der Waals surface area contributed by atoms with Crippen LogP contribution in [0, 0.1) is 0 Å². The van der Waals surface area contributed by atoms with Crippen LogP contribution in [0.1, 0.15) is 114 Å². The van der Waals surface area contributed by atoms with Gasteiger partial charge in [0.15, 0.2) is 0 Å². The summed E-state index contributed by atoms with van der Waals surface area (Å²) in [7, 11) is 0. The molecule has 0 heterocycles. The van der Waals surface area contributed by atoms with Crippen molar-refractivity contribution < 1.29 is 47.6 Å². The van der Waals surface area contributed by atoms with E-state index in [1.807, 2.05) is 0 Å². The zero-order valence-corrected chi connectivity index (χ0v) is 27.4. The fourth-order valence-electron chi connectivity index (χ4n) is 5.56. The Bertz CT molecular complexity index is 1240. The summed E-state index contributed by atoms with van der Waals surface area (Å²) in [5.41, 5.74) is 17.3. The molecule has 0 amide bonds. The van der Waals surface area contributed by atoms with Gasteiger partial charge in [-0.15, -0.1) is 0 Å². The van der Waals surface area contributed by atoms with Gasteiger partial charge in [-0.3, -0.25) is 0 Å². The number of rotatable bonds is 2. The smallest absolute Gasteiger partial charge is 1.00 e. The average molecular weight is 588 g/mol. The van der Waals surface area contributed by atoms with Crippen molar-refractivity contribution in [3.05, 3.63) is 74.9 Å². The first-order valence-corrected chi connectivity index (χ1v) is 15.1. The van der Waals surface area contributed by atoms with Crippen LogP contribution in [0.5, 0.6) is 0 Å². The Kier molecular flexibility index (Phi) is 9.19. The van der Waals surface area contributed by atoms with Gasteiger partial charge < -0.3 is 24.8 Å². The molecule has 0 spiro atoms. The standard InChI is InChI=1S/C29H35.C3H6.2ClH.Zr/c1-17-14-24(19(3)18(17)2)27-25-16-20-15-21(28(4,5)6)10-11-22(20)23(25)12-13-26(27)29(7,8)9;1-3-2;;;/h10-13,15-16H,14H2,1-9H3;1-2H3;2*1H;/q;;;;+2/p-2. The summed E-state index contributed by atoms with van der Waals surface area (Å²) in [6.07, 6.45) is 1.10. The molecule has 0 fully saturated rings. The van der Waals surface area contributed by atoms with Crippen LogP contribution in [-0.2, 0) is 33.6 Å². The summed E-state index contributed by atoms with van der Waals surface area (Å²) in [5, 5.41) is 0.